The molecular formula is C14H19N. The number of rotatable bonds is 3. The Morgan fingerprint density at radius 1 is 1.20 bits per heavy atom. The second-order valence-corrected chi connectivity index (χ2v) is 5.08. The molecule has 1 saturated carbocycles. The zero-order valence-electron chi connectivity index (χ0n) is 9.21. The van der Waals surface area contributed by atoms with E-state index < -0.39 is 0 Å². The van der Waals surface area contributed by atoms with Crippen molar-refractivity contribution in [1.82, 2.24) is 5.32 Å². The molecule has 2 aliphatic rings. The van der Waals surface area contributed by atoms with Gasteiger partial charge in [-0.15, -0.1) is 0 Å². The number of hydrogen-bond donors (Lipinski definition) is 1. The molecule has 1 aliphatic carbocycles. The summed E-state index contributed by atoms with van der Waals surface area (Å²) in [6.07, 6.45) is 5.45. The van der Waals surface area contributed by atoms with E-state index in [4.69, 9.17) is 0 Å². The maximum Gasteiger partial charge on any atom is -0.00169 e. The van der Waals surface area contributed by atoms with E-state index >= 15 is 0 Å². The van der Waals surface area contributed by atoms with Gasteiger partial charge in [-0.3, -0.25) is 0 Å². The Balaban J connectivity index is 1.70. The molecule has 1 aromatic carbocycles. The smallest absolute Gasteiger partial charge is 0.00169 e. The van der Waals surface area contributed by atoms with Crippen molar-refractivity contribution in [3.8, 4) is 0 Å². The normalized spacial score (nSPS) is 25.7. The van der Waals surface area contributed by atoms with Gasteiger partial charge >= 0.3 is 0 Å². The highest BCUT2D eigenvalue weighted by molar-refractivity contribution is 5.29. The first-order valence-electron chi connectivity index (χ1n) is 6.21. The maximum atomic E-state index is 3.44. The second kappa shape index (κ2) is 3.97. The summed E-state index contributed by atoms with van der Waals surface area (Å²) in [6, 6.07) is 9.28. The van der Waals surface area contributed by atoms with Crippen molar-refractivity contribution in [2.45, 2.75) is 31.6 Å². The van der Waals surface area contributed by atoms with E-state index in [0.717, 1.165) is 11.8 Å². The molecule has 0 bridgehead atoms. The van der Waals surface area contributed by atoms with Crippen molar-refractivity contribution in [3.05, 3.63) is 35.4 Å². The molecule has 1 aromatic rings. The van der Waals surface area contributed by atoms with Gasteiger partial charge in [0.1, 0.15) is 0 Å². The summed E-state index contributed by atoms with van der Waals surface area (Å²) in [4.78, 5) is 0. The lowest BCUT2D eigenvalue weighted by Crippen LogP contribution is -2.10. The Morgan fingerprint density at radius 2 is 2.13 bits per heavy atom. The van der Waals surface area contributed by atoms with Gasteiger partial charge in [-0.2, -0.15) is 0 Å². The Hall–Kier alpha value is -0.820. The third kappa shape index (κ3) is 2.23. The third-order valence-corrected chi connectivity index (χ3v) is 3.69. The molecule has 3 rings (SSSR count). The lowest BCUT2D eigenvalue weighted by Gasteiger charge is -2.09. The number of hydrogen-bond acceptors (Lipinski definition) is 1. The van der Waals surface area contributed by atoms with Crippen LogP contribution < -0.4 is 5.32 Å². The van der Waals surface area contributed by atoms with Crippen molar-refractivity contribution in [1.29, 1.82) is 0 Å². The van der Waals surface area contributed by atoms with E-state index in [2.05, 4.69) is 29.6 Å². The molecule has 0 amide bonds. The number of benzene rings is 1. The molecule has 80 valence electrons. The first-order chi connectivity index (χ1) is 7.42. The van der Waals surface area contributed by atoms with Gasteiger partial charge in [-0.1, -0.05) is 24.3 Å². The minimum atomic E-state index is 0.874. The van der Waals surface area contributed by atoms with Crippen LogP contribution in [0.4, 0.5) is 0 Å². The lowest BCUT2D eigenvalue weighted by atomic mass is 9.96. The van der Waals surface area contributed by atoms with Crippen LogP contribution in [-0.2, 0) is 6.42 Å². The fourth-order valence-electron chi connectivity index (χ4n) is 2.61. The lowest BCUT2D eigenvalue weighted by molar-refractivity contribution is 0.580. The fraction of sp³-hybridized carbons (Fsp3) is 0.571. The van der Waals surface area contributed by atoms with Gasteiger partial charge in [0.2, 0.25) is 0 Å². The Kier molecular flexibility index (Phi) is 2.49. The predicted molar refractivity (Wildman–Crippen MR) is 63.1 cm³/mol. The van der Waals surface area contributed by atoms with Crippen molar-refractivity contribution in [2.75, 3.05) is 13.1 Å². The first kappa shape index (κ1) is 9.41. The van der Waals surface area contributed by atoms with Gasteiger partial charge in [0.15, 0.2) is 0 Å². The zero-order chi connectivity index (χ0) is 10.1. The Bertz CT molecular complexity index is 335. The van der Waals surface area contributed by atoms with Crippen LogP contribution in [0.5, 0.6) is 0 Å². The molecule has 1 nitrogen and oxygen atoms in total. The molecule has 1 atom stereocenters. The van der Waals surface area contributed by atoms with Gasteiger partial charge in [-0.05, 0) is 61.7 Å². The van der Waals surface area contributed by atoms with Crippen LogP contribution in [0.3, 0.4) is 0 Å². The zero-order valence-corrected chi connectivity index (χ0v) is 9.21. The molecule has 1 heterocycles. The highest BCUT2D eigenvalue weighted by atomic mass is 14.9. The first-order valence-corrected chi connectivity index (χ1v) is 6.21. The molecule has 1 unspecified atom stereocenters. The van der Waals surface area contributed by atoms with Crippen LogP contribution in [0.15, 0.2) is 24.3 Å². The van der Waals surface area contributed by atoms with Gasteiger partial charge < -0.3 is 5.32 Å². The molecule has 1 N–H and O–H groups in total. The van der Waals surface area contributed by atoms with Crippen LogP contribution >= 0.6 is 0 Å². The second-order valence-electron chi connectivity index (χ2n) is 5.08. The monoisotopic (exact) mass is 201 g/mol. The number of nitrogens with one attached hydrogen (secondary N) is 1. The van der Waals surface area contributed by atoms with Gasteiger partial charge in [0.25, 0.3) is 0 Å². The summed E-state index contributed by atoms with van der Waals surface area (Å²) < 4.78 is 0. The minimum Gasteiger partial charge on any atom is -0.316 e. The Labute approximate surface area is 91.9 Å². The maximum absolute atomic E-state index is 3.44. The molecule has 0 spiro atoms. The summed E-state index contributed by atoms with van der Waals surface area (Å²) in [7, 11) is 0. The van der Waals surface area contributed by atoms with E-state index in [1.54, 1.807) is 11.1 Å². The van der Waals surface area contributed by atoms with Crippen molar-refractivity contribution >= 4 is 0 Å². The van der Waals surface area contributed by atoms with Crippen LogP contribution in [0.1, 0.15) is 36.3 Å². The summed E-state index contributed by atoms with van der Waals surface area (Å²) in [5, 5.41) is 3.44. The summed E-state index contributed by atoms with van der Waals surface area (Å²) in [6.45, 7) is 2.43. The van der Waals surface area contributed by atoms with Gasteiger partial charge in [0, 0.05) is 0 Å². The van der Waals surface area contributed by atoms with Crippen LogP contribution in [0.25, 0.3) is 0 Å². The van der Waals surface area contributed by atoms with Crippen LogP contribution in [-0.4, -0.2) is 13.1 Å². The molecule has 15 heavy (non-hydrogen) atoms. The van der Waals surface area contributed by atoms with Crippen molar-refractivity contribution < 1.29 is 0 Å². The van der Waals surface area contributed by atoms with E-state index in [1.807, 2.05) is 0 Å². The predicted octanol–water partition coefficient (Wildman–Crippen LogP) is 2.72. The van der Waals surface area contributed by atoms with Crippen molar-refractivity contribution in [2.24, 2.45) is 5.92 Å². The summed E-state index contributed by atoms with van der Waals surface area (Å²) in [5.74, 6) is 1.77. The highest BCUT2D eigenvalue weighted by Gasteiger charge is 2.23. The van der Waals surface area contributed by atoms with E-state index in [0.29, 0.717) is 0 Å². The molecule has 0 radical (unpaired) electrons. The van der Waals surface area contributed by atoms with E-state index in [9.17, 15) is 0 Å². The average molecular weight is 201 g/mol. The summed E-state index contributed by atoms with van der Waals surface area (Å²) >= 11 is 0. The molecular weight excluding hydrogens is 182 g/mol. The minimum absolute atomic E-state index is 0.874. The summed E-state index contributed by atoms with van der Waals surface area (Å²) in [5.41, 5.74) is 3.13. The largest absolute Gasteiger partial charge is 0.316 e. The van der Waals surface area contributed by atoms with Gasteiger partial charge in [-0.25, -0.2) is 0 Å². The van der Waals surface area contributed by atoms with Crippen molar-refractivity contribution in [3.63, 3.8) is 0 Å². The topological polar surface area (TPSA) is 12.0 Å². The van der Waals surface area contributed by atoms with Crippen LogP contribution in [0.2, 0.25) is 0 Å². The average Bonchev–Trinajstić information content (AvgIpc) is 3.00. The van der Waals surface area contributed by atoms with Crippen LogP contribution in [0, 0.1) is 5.92 Å². The SMILES string of the molecule is c1cc(CC2CCNC2)cc(C2CC2)c1. The highest BCUT2D eigenvalue weighted by Crippen LogP contribution is 2.40. The third-order valence-electron chi connectivity index (χ3n) is 3.69. The standard InChI is InChI=1S/C14H19N/c1-2-11(8-12-6-7-15-10-12)9-14(3-1)13-4-5-13/h1-3,9,12-13,15H,4-8,10H2. The Morgan fingerprint density at radius 3 is 2.87 bits per heavy atom. The fourth-order valence-corrected chi connectivity index (χ4v) is 2.61. The molecule has 1 saturated heterocycles. The van der Waals surface area contributed by atoms with Gasteiger partial charge in [0.05, 0.1) is 0 Å². The molecule has 1 aliphatic heterocycles. The molecule has 2 fully saturated rings. The quantitative estimate of drug-likeness (QED) is 0.793. The van der Waals surface area contributed by atoms with E-state index in [1.165, 1.54) is 38.8 Å². The molecule has 1 heteroatoms. The van der Waals surface area contributed by atoms with E-state index in [-0.39, 0.29) is 0 Å². The molecule has 0 aromatic heterocycles.